The molecule has 1 atom stereocenters. The van der Waals surface area contributed by atoms with Crippen molar-refractivity contribution in [3.05, 3.63) is 34.5 Å². The Kier molecular flexibility index (Phi) is 3.69. The summed E-state index contributed by atoms with van der Waals surface area (Å²) in [6.07, 6.45) is 5.34. The van der Waals surface area contributed by atoms with E-state index >= 15 is 0 Å². The highest BCUT2D eigenvalue weighted by molar-refractivity contribution is 9.10. The van der Waals surface area contributed by atoms with Crippen molar-refractivity contribution < 1.29 is 4.74 Å². The fourth-order valence-corrected chi connectivity index (χ4v) is 3.64. The molecule has 1 fully saturated rings. The maximum absolute atomic E-state index is 5.89. The lowest BCUT2D eigenvalue weighted by molar-refractivity contribution is -0.0407. The number of pyridine rings is 1. The zero-order valence-electron chi connectivity index (χ0n) is 13.2. The molecule has 3 aromatic rings. The van der Waals surface area contributed by atoms with Crippen molar-refractivity contribution in [2.75, 3.05) is 6.61 Å². The third-order valence-corrected chi connectivity index (χ3v) is 4.69. The maximum Gasteiger partial charge on any atom is 0.218 e. The van der Waals surface area contributed by atoms with Crippen molar-refractivity contribution in [1.29, 1.82) is 0 Å². The monoisotopic (exact) mass is 375 g/mol. The van der Waals surface area contributed by atoms with Crippen LogP contribution in [0.2, 0.25) is 0 Å². The first-order chi connectivity index (χ1) is 11.1. The number of rotatable bonds is 2. The highest BCUT2D eigenvalue weighted by atomic mass is 79.9. The van der Waals surface area contributed by atoms with Crippen LogP contribution in [0.3, 0.4) is 0 Å². The Morgan fingerprint density at radius 3 is 2.91 bits per heavy atom. The SMILES string of the molecule is Cc1nn(C2CCCCO2)c(C)c1-c1ccn2nc(Br)nc2c1. The van der Waals surface area contributed by atoms with Crippen molar-refractivity contribution in [2.45, 2.75) is 39.3 Å². The zero-order valence-corrected chi connectivity index (χ0v) is 14.7. The van der Waals surface area contributed by atoms with E-state index in [2.05, 4.69) is 39.0 Å². The van der Waals surface area contributed by atoms with Gasteiger partial charge in [0.25, 0.3) is 0 Å². The second kappa shape index (κ2) is 5.72. The summed E-state index contributed by atoms with van der Waals surface area (Å²) in [6.45, 7) is 4.97. The molecule has 1 unspecified atom stereocenters. The topological polar surface area (TPSA) is 57.2 Å². The molecule has 23 heavy (non-hydrogen) atoms. The van der Waals surface area contributed by atoms with E-state index in [1.807, 2.05) is 23.9 Å². The number of aromatic nitrogens is 5. The molecule has 1 aliphatic rings. The van der Waals surface area contributed by atoms with Gasteiger partial charge < -0.3 is 4.74 Å². The van der Waals surface area contributed by atoms with Gasteiger partial charge in [0.15, 0.2) is 5.65 Å². The van der Waals surface area contributed by atoms with E-state index in [0.29, 0.717) is 4.73 Å². The second-order valence-corrected chi connectivity index (χ2v) is 6.62. The third kappa shape index (κ3) is 2.57. The Morgan fingerprint density at radius 2 is 2.13 bits per heavy atom. The molecule has 0 saturated carbocycles. The highest BCUT2D eigenvalue weighted by Gasteiger charge is 2.22. The van der Waals surface area contributed by atoms with Crippen LogP contribution < -0.4 is 0 Å². The molecule has 0 radical (unpaired) electrons. The van der Waals surface area contributed by atoms with Crippen LogP contribution in [0.25, 0.3) is 16.8 Å². The molecular weight excluding hydrogens is 358 g/mol. The summed E-state index contributed by atoms with van der Waals surface area (Å²) >= 11 is 3.31. The van der Waals surface area contributed by atoms with Crippen molar-refractivity contribution >= 4 is 21.6 Å². The molecule has 0 aliphatic carbocycles. The number of nitrogens with zero attached hydrogens (tertiary/aromatic N) is 5. The van der Waals surface area contributed by atoms with Crippen LogP contribution in [-0.2, 0) is 4.74 Å². The van der Waals surface area contributed by atoms with E-state index in [0.717, 1.165) is 47.6 Å². The molecule has 6 nitrogen and oxygen atoms in total. The molecule has 0 amide bonds. The van der Waals surface area contributed by atoms with Gasteiger partial charge in [0.2, 0.25) is 4.73 Å². The molecule has 4 heterocycles. The van der Waals surface area contributed by atoms with Crippen molar-refractivity contribution in [2.24, 2.45) is 0 Å². The van der Waals surface area contributed by atoms with Crippen LogP contribution in [0.4, 0.5) is 0 Å². The summed E-state index contributed by atoms with van der Waals surface area (Å²) in [5, 5.41) is 8.99. The largest absolute Gasteiger partial charge is 0.357 e. The van der Waals surface area contributed by atoms with Crippen molar-refractivity contribution in [3.8, 4) is 11.1 Å². The quantitative estimate of drug-likeness (QED) is 0.685. The van der Waals surface area contributed by atoms with Gasteiger partial charge in [0.05, 0.1) is 5.69 Å². The first kappa shape index (κ1) is 14.8. The Morgan fingerprint density at radius 1 is 1.26 bits per heavy atom. The van der Waals surface area contributed by atoms with E-state index < -0.39 is 0 Å². The zero-order chi connectivity index (χ0) is 16.0. The molecular formula is C16H18BrN5O. The molecule has 120 valence electrons. The summed E-state index contributed by atoms with van der Waals surface area (Å²) in [5.41, 5.74) is 5.22. The lowest BCUT2D eigenvalue weighted by Crippen LogP contribution is -2.20. The lowest BCUT2D eigenvalue weighted by atomic mass is 10.1. The normalized spacial score (nSPS) is 18.7. The minimum atomic E-state index is 0.0576. The average molecular weight is 376 g/mol. The average Bonchev–Trinajstić information content (AvgIpc) is 3.06. The molecule has 0 spiro atoms. The molecule has 0 bridgehead atoms. The maximum atomic E-state index is 5.89. The predicted octanol–water partition coefficient (Wildman–Crippen LogP) is 3.67. The minimum Gasteiger partial charge on any atom is -0.357 e. The minimum absolute atomic E-state index is 0.0576. The first-order valence-corrected chi connectivity index (χ1v) is 8.62. The van der Waals surface area contributed by atoms with Gasteiger partial charge in [-0.2, -0.15) is 5.10 Å². The smallest absolute Gasteiger partial charge is 0.218 e. The van der Waals surface area contributed by atoms with Crippen molar-refractivity contribution in [1.82, 2.24) is 24.4 Å². The number of aryl methyl sites for hydroxylation is 1. The number of hydrogen-bond donors (Lipinski definition) is 0. The van der Waals surface area contributed by atoms with Crippen LogP contribution in [0, 0.1) is 13.8 Å². The molecule has 0 aromatic carbocycles. The predicted molar refractivity (Wildman–Crippen MR) is 90.2 cm³/mol. The summed E-state index contributed by atoms with van der Waals surface area (Å²) in [5.74, 6) is 0. The van der Waals surface area contributed by atoms with E-state index in [4.69, 9.17) is 9.84 Å². The van der Waals surface area contributed by atoms with Crippen LogP contribution in [0.1, 0.15) is 36.9 Å². The second-order valence-electron chi connectivity index (χ2n) is 5.91. The number of ether oxygens (including phenoxy) is 1. The number of fused-ring (bicyclic) bond motifs is 1. The summed E-state index contributed by atoms with van der Waals surface area (Å²) in [4.78, 5) is 4.37. The van der Waals surface area contributed by atoms with E-state index in [1.165, 1.54) is 6.42 Å². The lowest BCUT2D eigenvalue weighted by Gasteiger charge is -2.24. The van der Waals surface area contributed by atoms with Gasteiger partial charge in [0.1, 0.15) is 6.23 Å². The summed E-state index contributed by atoms with van der Waals surface area (Å²) < 4.78 is 10.3. The van der Waals surface area contributed by atoms with Gasteiger partial charge in [-0.3, -0.25) is 0 Å². The van der Waals surface area contributed by atoms with Crippen LogP contribution >= 0.6 is 15.9 Å². The molecule has 0 N–H and O–H groups in total. The fourth-order valence-electron chi connectivity index (χ4n) is 3.29. The van der Waals surface area contributed by atoms with E-state index in [1.54, 1.807) is 4.52 Å². The van der Waals surface area contributed by atoms with Gasteiger partial charge in [-0.25, -0.2) is 14.2 Å². The number of hydrogen-bond acceptors (Lipinski definition) is 4. The summed E-state index contributed by atoms with van der Waals surface area (Å²) in [6, 6.07) is 4.10. The van der Waals surface area contributed by atoms with Crippen LogP contribution in [-0.4, -0.2) is 31.0 Å². The summed E-state index contributed by atoms with van der Waals surface area (Å²) in [7, 11) is 0. The van der Waals surface area contributed by atoms with Gasteiger partial charge in [-0.1, -0.05) is 0 Å². The van der Waals surface area contributed by atoms with Gasteiger partial charge in [0, 0.05) is 24.1 Å². The van der Waals surface area contributed by atoms with E-state index in [9.17, 15) is 0 Å². The Labute approximate surface area is 142 Å². The number of halogens is 1. The standard InChI is InChI=1S/C16H18BrN5O/c1-10-15(11(2)22(19-10)14-5-3-4-8-23-14)12-6-7-21-13(9-12)18-16(17)20-21/h6-7,9,14H,3-5,8H2,1-2H3. The van der Waals surface area contributed by atoms with Crippen LogP contribution in [0.5, 0.6) is 0 Å². The first-order valence-electron chi connectivity index (χ1n) is 7.83. The Balaban J connectivity index is 1.79. The third-order valence-electron chi connectivity index (χ3n) is 4.35. The van der Waals surface area contributed by atoms with Crippen LogP contribution in [0.15, 0.2) is 23.1 Å². The fraction of sp³-hybridized carbons (Fsp3) is 0.438. The molecule has 1 saturated heterocycles. The van der Waals surface area contributed by atoms with E-state index in [-0.39, 0.29) is 6.23 Å². The molecule has 4 rings (SSSR count). The highest BCUT2D eigenvalue weighted by Crippen LogP contribution is 2.32. The molecule has 7 heteroatoms. The molecule has 1 aliphatic heterocycles. The molecule has 3 aromatic heterocycles. The Bertz CT molecular complexity index is 863. The van der Waals surface area contributed by atoms with Gasteiger partial charge in [-0.05, 0) is 66.7 Å². The van der Waals surface area contributed by atoms with Gasteiger partial charge >= 0.3 is 0 Å². The van der Waals surface area contributed by atoms with Gasteiger partial charge in [-0.15, -0.1) is 5.10 Å². The van der Waals surface area contributed by atoms with Crippen molar-refractivity contribution in [3.63, 3.8) is 0 Å². The Hall–Kier alpha value is -1.73.